The molecule has 0 saturated heterocycles. The van der Waals surface area contributed by atoms with E-state index in [1.54, 1.807) is 7.11 Å². The van der Waals surface area contributed by atoms with Gasteiger partial charge in [-0.2, -0.15) is 0 Å². The molecule has 0 fully saturated rings. The van der Waals surface area contributed by atoms with E-state index in [-0.39, 0.29) is 0 Å². The third kappa shape index (κ3) is 2.58. The van der Waals surface area contributed by atoms with E-state index >= 15 is 0 Å². The molecule has 0 heterocycles. The van der Waals surface area contributed by atoms with Crippen LogP contribution in [0.15, 0.2) is 35.5 Å². The summed E-state index contributed by atoms with van der Waals surface area (Å²) < 4.78 is 0. The number of hydrogen-bond acceptors (Lipinski definition) is 2. The van der Waals surface area contributed by atoms with Crippen LogP contribution >= 0.6 is 0 Å². The van der Waals surface area contributed by atoms with Gasteiger partial charge in [0.2, 0.25) is 0 Å². The maximum absolute atomic E-state index is 4.73. The van der Waals surface area contributed by atoms with Gasteiger partial charge in [-0.25, -0.2) is 0 Å². The molecule has 0 radical (unpaired) electrons. The summed E-state index contributed by atoms with van der Waals surface area (Å²) in [5.41, 5.74) is 2.26. The highest BCUT2D eigenvalue weighted by atomic mass is 16.6. The van der Waals surface area contributed by atoms with Crippen LogP contribution < -0.4 is 0 Å². The van der Waals surface area contributed by atoms with Gasteiger partial charge in [0.05, 0.1) is 5.71 Å². The molecule has 0 amide bonds. The van der Waals surface area contributed by atoms with Gasteiger partial charge >= 0.3 is 0 Å². The summed E-state index contributed by atoms with van der Waals surface area (Å²) in [4.78, 5) is 4.73. The van der Waals surface area contributed by atoms with Crippen LogP contribution in [-0.4, -0.2) is 12.8 Å². The van der Waals surface area contributed by atoms with E-state index in [1.807, 2.05) is 25.1 Å². The zero-order chi connectivity index (χ0) is 9.68. The fourth-order valence-electron chi connectivity index (χ4n) is 1.21. The second-order valence-electron chi connectivity index (χ2n) is 3.05. The molecule has 2 nitrogen and oxygen atoms in total. The van der Waals surface area contributed by atoms with E-state index in [4.69, 9.17) is 4.84 Å². The molecule has 0 aliphatic heterocycles. The molecule has 1 unspecified atom stereocenters. The van der Waals surface area contributed by atoms with Crippen molar-refractivity contribution in [2.75, 3.05) is 7.11 Å². The Bertz CT molecular complexity index is 279. The Balaban J connectivity index is 2.79. The molecule has 70 valence electrons. The minimum absolute atomic E-state index is 0.321. The van der Waals surface area contributed by atoms with Gasteiger partial charge in [0.15, 0.2) is 0 Å². The first-order valence-electron chi connectivity index (χ1n) is 4.38. The SMILES string of the molecule is CO/N=C(/C)C(C)c1ccccc1. The van der Waals surface area contributed by atoms with E-state index in [0.29, 0.717) is 5.92 Å². The van der Waals surface area contributed by atoms with Crippen molar-refractivity contribution in [3.8, 4) is 0 Å². The Morgan fingerprint density at radius 3 is 2.46 bits per heavy atom. The molecule has 1 rings (SSSR count). The first kappa shape index (κ1) is 9.78. The standard InChI is InChI=1S/C11H15NO/c1-9(10(2)12-13-3)11-7-5-4-6-8-11/h4-9H,1-3H3/b12-10-. The molecule has 0 aliphatic rings. The van der Waals surface area contributed by atoms with Gasteiger partial charge < -0.3 is 4.84 Å². The van der Waals surface area contributed by atoms with Crippen LogP contribution in [0.2, 0.25) is 0 Å². The Morgan fingerprint density at radius 1 is 1.31 bits per heavy atom. The summed E-state index contributed by atoms with van der Waals surface area (Å²) in [5.74, 6) is 0.321. The van der Waals surface area contributed by atoms with Gasteiger partial charge in [-0.1, -0.05) is 42.4 Å². The number of oxime groups is 1. The lowest BCUT2D eigenvalue weighted by molar-refractivity contribution is 0.212. The van der Waals surface area contributed by atoms with Crippen molar-refractivity contribution in [1.82, 2.24) is 0 Å². The quantitative estimate of drug-likeness (QED) is 0.514. The number of hydrogen-bond donors (Lipinski definition) is 0. The third-order valence-electron chi connectivity index (χ3n) is 2.16. The second kappa shape index (κ2) is 4.65. The van der Waals surface area contributed by atoms with E-state index in [9.17, 15) is 0 Å². The Kier molecular flexibility index (Phi) is 3.50. The molecule has 0 saturated carbocycles. The van der Waals surface area contributed by atoms with Crippen molar-refractivity contribution >= 4 is 5.71 Å². The summed E-state index contributed by atoms with van der Waals surface area (Å²) in [6, 6.07) is 10.3. The average molecular weight is 177 g/mol. The maximum atomic E-state index is 4.73. The molecular weight excluding hydrogens is 162 g/mol. The maximum Gasteiger partial charge on any atom is 0.106 e. The molecular formula is C11H15NO. The Labute approximate surface area is 79.2 Å². The van der Waals surface area contributed by atoms with Gasteiger partial charge in [0, 0.05) is 5.92 Å². The van der Waals surface area contributed by atoms with Crippen molar-refractivity contribution in [3.05, 3.63) is 35.9 Å². The largest absolute Gasteiger partial charge is 0.399 e. The molecule has 0 spiro atoms. The molecule has 0 aromatic heterocycles. The van der Waals surface area contributed by atoms with E-state index in [2.05, 4.69) is 24.2 Å². The lowest BCUT2D eigenvalue weighted by atomic mass is 9.97. The lowest BCUT2D eigenvalue weighted by Gasteiger charge is -2.10. The number of rotatable bonds is 3. The van der Waals surface area contributed by atoms with Crippen molar-refractivity contribution in [2.45, 2.75) is 19.8 Å². The van der Waals surface area contributed by atoms with Gasteiger partial charge in [0.25, 0.3) is 0 Å². The summed E-state index contributed by atoms with van der Waals surface area (Å²) >= 11 is 0. The van der Waals surface area contributed by atoms with Crippen LogP contribution in [0.1, 0.15) is 25.3 Å². The molecule has 1 aromatic carbocycles. The molecule has 13 heavy (non-hydrogen) atoms. The minimum atomic E-state index is 0.321. The predicted molar refractivity (Wildman–Crippen MR) is 55.0 cm³/mol. The Morgan fingerprint density at radius 2 is 1.92 bits per heavy atom. The van der Waals surface area contributed by atoms with Gasteiger partial charge in [-0.05, 0) is 12.5 Å². The first-order valence-corrected chi connectivity index (χ1v) is 4.38. The van der Waals surface area contributed by atoms with Gasteiger partial charge in [0.1, 0.15) is 7.11 Å². The average Bonchev–Trinajstić information content (AvgIpc) is 2.18. The van der Waals surface area contributed by atoms with E-state index in [0.717, 1.165) is 5.71 Å². The van der Waals surface area contributed by atoms with Crippen molar-refractivity contribution in [2.24, 2.45) is 5.16 Å². The summed E-state index contributed by atoms with van der Waals surface area (Å²) in [5, 5.41) is 3.92. The highest BCUT2D eigenvalue weighted by Gasteiger charge is 2.07. The molecule has 0 N–H and O–H groups in total. The topological polar surface area (TPSA) is 21.6 Å². The predicted octanol–water partition coefficient (Wildman–Crippen LogP) is 2.81. The summed E-state index contributed by atoms with van der Waals surface area (Å²) in [6.45, 7) is 4.09. The molecule has 1 aromatic rings. The summed E-state index contributed by atoms with van der Waals surface area (Å²) in [6.07, 6.45) is 0. The highest BCUT2D eigenvalue weighted by Crippen LogP contribution is 2.16. The van der Waals surface area contributed by atoms with Crippen LogP contribution in [-0.2, 0) is 4.84 Å². The highest BCUT2D eigenvalue weighted by molar-refractivity contribution is 5.87. The summed E-state index contributed by atoms with van der Waals surface area (Å²) in [7, 11) is 1.57. The second-order valence-corrected chi connectivity index (χ2v) is 3.05. The Hall–Kier alpha value is -1.31. The molecule has 0 aliphatic carbocycles. The zero-order valence-electron chi connectivity index (χ0n) is 8.32. The van der Waals surface area contributed by atoms with Crippen LogP contribution in [0.4, 0.5) is 0 Å². The fourth-order valence-corrected chi connectivity index (χ4v) is 1.21. The van der Waals surface area contributed by atoms with Crippen molar-refractivity contribution < 1.29 is 4.84 Å². The monoisotopic (exact) mass is 177 g/mol. The zero-order valence-corrected chi connectivity index (χ0v) is 8.32. The van der Waals surface area contributed by atoms with Crippen LogP contribution in [0.25, 0.3) is 0 Å². The van der Waals surface area contributed by atoms with Crippen molar-refractivity contribution in [1.29, 1.82) is 0 Å². The number of benzene rings is 1. The van der Waals surface area contributed by atoms with E-state index < -0.39 is 0 Å². The van der Waals surface area contributed by atoms with E-state index in [1.165, 1.54) is 5.56 Å². The molecule has 1 atom stereocenters. The molecule has 2 heteroatoms. The lowest BCUT2D eigenvalue weighted by Crippen LogP contribution is -2.05. The number of nitrogens with zero attached hydrogens (tertiary/aromatic N) is 1. The fraction of sp³-hybridized carbons (Fsp3) is 0.364. The smallest absolute Gasteiger partial charge is 0.106 e. The van der Waals surface area contributed by atoms with Gasteiger partial charge in [-0.3, -0.25) is 0 Å². The molecule has 0 bridgehead atoms. The van der Waals surface area contributed by atoms with Crippen LogP contribution in [0, 0.1) is 0 Å². The minimum Gasteiger partial charge on any atom is -0.399 e. The van der Waals surface area contributed by atoms with Crippen LogP contribution in [0.3, 0.4) is 0 Å². The van der Waals surface area contributed by atoms with Gasteiger partial charge in [-0.15, -0.1) is 0 Å². The van der Waals surface area contributed by atoms with Crippen LogP contribution in [0.5, 0.6) is 0 Å². The third-order valence-corrected chi connectivity index (χ3v) is 2.16. The first-order chi connectivity index (χ1) is 6.25. The van der Waals surface area contributed by atoms with Crippen molar-refractivity contribution in [3.63, 3.8) is 0 Å². The normalized spacial score (nSPS) is 13.9.